The van der Waals surface area contributed by atoms with E-state index in [4.69, 9.17) is 17.3 Å². The third-order valence-corrected chi connectivity index (χ3v) is 4.03. The van der Waals surface area contributed by atoms with E-state index in [2.05, 4.69) is 11.0 Å². The molecule has 78 valence electrons. The van der Waals surface area contributed by atoms with Gasteiger partial charge >= 0.3 is 0 Å². The second-order valence-corrected chi connectivity index (χ2v) is 5.37. The van der Waals surface area contributed by atoms with Crippen LogP contribution in [0.4, 0.5) is 0 Å². The number of thiophene rings is 1. The molecule has 0 aliphatic carbocycles. The predicted octanol–water partition coefficient (Wildman–Crippen LogP) is 2.50. The summed E-state index contributed by atoms with van der Waals surface area (Å²) in [5, 5.41) is 0. The molecule has 0 spiro atoms. The van der Waals surface area contributed by atoms with E-state index in [0.717, 1.165) is 17.4 Å². The first-order chi connectivity index (χ1) is 6.81. The van der Waals surface area contributed by atoms with E-state index in [1.54, 1.807) is 11.3 Å². The van der Waals surface area contributed by atoms with Gasteiger partial charge in [-0.25, -0.2) is 0 Å². The molecule has 1 fully saturated rings. The summed E-state index contributed by atoms with van der Waals surface area (Å²) in [6.45, 7) is 2.92. The minimum Gasteiger partial charge on any atom is -0.329 e. The van der Waals surface area contributed by atoms with Gasteiger partial charge < -0.3 is 5.73 Å². The van der Waals surface area contributed by atoms with Crippen molar-refractivity contribution in [2.24, 2.45) is 5.73 Å². The van der Waals surface area contributed by atoms with Crippen molar-refractivity contribution in [2.45, 2.75) is 18.9 Å². The maximum atomic E-state index is 5.94. The lowest BCUT2D eigenvalue weighted by molar-refractivity contribution is 0.268. The lowest BCUT2D eigenvalue weighted by Gasteiger charge is -2.22. The molecule has 14 heavy (non-hydrogen) atoms. The Kier molecular flexibility index (Phi) is 3.44. The van der Waals surface area contributed by atoms with Gasteiger partial charge in [0.1, 0.15) is 0 Å². The topological polar surface area (TPSA) is 29.3 Å². The second kappa shape index (κ2) is 4.62. The Morgan fingerprint density at radius 1 is 1.57 bits per heavy atom. The summed E-state index contributed by atoms with van der Waals surface area (Å²) in [6.07, 6.45) is 2.52. The van der Waals surface area contributed by atoms with E-state index in [1.807, 2.05) is 6.07 Å². The van der Waals surface area contributed by atoms with Crippen LogP contribution in [-0.2, 0) is 0 Å². The first kappa shape index (κ1) is 10.4. The zero-order valence-corrected chi connectivity index (χ0v) is 9.65. The molecule has 0 aromatic carbocycles. The van der Waals surface area contributed by atoms with Gasteiger partial charge in [-0.05, 0) is 31.5 Å². The average molecular weight is 231 g/mol. The van der Waals surface area contributed by atoms with Gasteiger partial charge in [0.25, 0.3) is 0 Å². The quantitative estimate of drug-likeness (QED) is 0.865. The second-order valence-electron chi connectivity index (χ2n) is 3.62. The van der Waals surface area contributed by atoms with E-state index in [0.29, 0.717) is 6.04 Å². The Bertz CT molecular complexity index is 300. The van der Waals surface area contributed by atoms with Gasteiger partial charge in [0, 0.05) is 24.0 Å². The molecule has 1 aliphatic rings. The van der Waals surface area contributed by atoms with Gasteiger partial charge in [0.05, 0.1) is 4.34 Å². The highest BCUT2D eigenvalue weighted by Crippen LogP contribution is 2.36. The number of rotatable bonds is 3. The molecule has 2 nitrogen and oxygen atoms in total. The molecule has 2 rings (SSSR count). The van der Waals surface area contributed by atoms with Crippen molar-refractivity contribution in [3.63, 3.8) is 0 Å². The molecule has 0 amide bonds. The Morgan fingerprint density at radius 2 is 2.43 bits per heavy atom. The zero-order chi connectivity index (χ0) is 9.97. The number of nitrogens with two attached hydrogens (primary N) is 1. The number of hydrogen-bond acceptors (Lipinski definition) is 3. The van der Waals surface area contributed by atoms with Crippen LogP contribution >= 0.6 is 22.9 Å². The van der Waals surface area contributed by atoms with Crippen LogP contribution in [0.15, 0.2) is 12.1 Å². The number of hydrogen-bond donors (Lipinski definition) is 1. The molecule has 2 heterocycles. The van der Waals surface area contributed by atoms with Gasteiger partial charge in [0.2, 0.25) is 0 Å². The lowest BCUT2D eigenvalue weighted by atomic mass is 10.2. The Labute approximate surface area is 93.7 Å². The average Bonchev–Trinajstić information content (AvgIpc) is 2.74. The molecular weight excluding hydrogens is 216 g/mol. The maximum absolute atomic E-state index is 5.94. The predicted molar refractivity (Wildman–Crippen MR) is 61.9 cm³/mol. The van der Waals surface area contributed by atoms with Crippen molar-refractivity contribution in [2.75, 3.05) is 19.6 Å². The number of halogens is 1. The first-order valence-electron chi connectivity index (χ1n) is 5.00. The summed E-state index contributed by atoms with van der Waals surface area (Å²) in [6, 6.07) is 4.70. The fourth-order valence-electron chi connectivity index (χ4n) is 2.09. The van der Waals surface area contributed by atoms with Crippen molar-refractivity contribution < 1.29 is 0 Å². The number of likely N-dealkylation sites (tertiary alicyclic amines) is 1. The van der Waals surface area contributed by atoms with Crippen LogP contribution in [0.1, 0.15) is 23.8 Å². The standard InChI is InChI=1S/C10H15ClN2S/c11-10-4-3-9(14-10)8-2-1-6-13(8)7-5-12/h3-4,8H,1-2,5-7,12H2. The molecule has 0 radical (unpaired) electrons. The van der Waals surface area contributed by atoms with E-state index in [-0.39, 0.29) is 0 Å². The van der Waals surface area contributed by atoms with Crippen LogP contribution in [0, 0.1) is 0 Å². The van der Waals surface area contributed by atoms with Crippen molar-refractivity contribution in [3.8, 4) is 0 Å². The molecule has 4 heteroatoms. The minimum atomic E-state index is 0.566. The summed E-state index contributed by atoms with van der Waals surface area (Å²) in [5.41, 5.74) is 5.59. The molecule has 2 N–H and O–H groups in total. The molecule has 1 aromatic heterocycles. The van der Waals surface area contributed by atoms with Crippen LogP contribution in [0.25, 0.3) is 0 Å². The first-order valence-corrected chi connectivity index (χ1v) is 6.20. The molecular formula is C10H15ClN2S. The number of nitrogens with zero attached hydrogens (tertiary/aromatic N) is 1. The highest BCUT2D eigenvalue weighted by molar-refractivity contribution is 7.16. The molecule has 0 bridgehead atoms. The molecule has 1 aromatic rings. The lowest BCUT2D eigenvalue weighted by Crippen LogP contribution is -2.28. The van der Waals surface area contributed by atoms with Crippen LogP contribution in [0.5, 0.6) is 0 Å². The summed E-state index contributed by atoms with van der Waals surface area (Å²) in [7, 11) is 0. The Balaban J connectivity index is 2.09. The third kappa shape index (κ3) is 2.11. The summed E-state index contributed by atoms with van der Waals surface area (Å²) < 4.78 is 0.889. The van der Waals surface area contributed by atoms with Crippen molar-refractivity contribution in [1.82, 2.24) is 4.90 Å². The van der Waals surface area contributed by atoms with Crippen LogP contribution in [0.2, 0.25) is 4.34 Å². The fraction of sp³-hybridized carbons (Fsp3) is 0.600. The smallest absolute Gasteiger partial charge is 0.0931 e. The van der Waals surface area contributed by atoms with E-state index in [1.165, 1.54) is 24.3 Å². The highest BCUT2D eigenvalue weighted by atomic mass is 35.5. The van der Waals surface area contributed by atoms with Crippen LogP contribution in [0.3, 0.4) is 0 Å². The Hall–Kier alpha value is -0.0900. The maximum Gasteiger partial charge on any atom is 0.0931 e. The summed E-state index contributed by atoms with van der Waals surface area (Å²) >= 11 is 7.64. The summed E-state index contributed by atoms with van der Waals surface area (Å²) in [4.78, 5) is 3.85. The molecule has 1 saturated heterocycles. The van der Waals surface area contributed by atoms with Crippen LogP contribution < -0.4 is 5.73 Å². The van der Waals surface area contributed by atoms with Crippen molar-refractivity contribution >= 4 is 22.9 Å². The monoisotopic (exact) mass is 230 g/mol. The molecule has 1 unspecified atom stereocenters. The Morgan fingerprint density at radius 3 is 3.07 bits per heavy atom. The fourth-order valence-corrected chi connectivity index (χ4v) is 3.32. The van der Waals surface area contributed by atoms with Gasteiger partial charge in [0.15, 0.2) is 0 Å². The highest BCUT2D eigenvalue weighted by Gasteiger charge is 2.26. The summed E-state index contributed by atoms with van der Waals surface area (Å²) in [5.74, 6) is 0. The SMILES string of the molecule is NCCN1CCCC1c1ccc(Cl)s1. The largest absolute Gasteiger partial charge is 0.329 e. The molecule has 1 aliphatic heterocycles. The molecule has 0 saturated carbocycles. The van der Waals surface area contributed by atoms with Crippen molar-refractivity contribution in [1.29, 1.82) is 0 Å². The van der Waals surface area contributed by atoms with Crippen LogP contribution in [-0.4, -0.2) is 24.5 Å². The minimum absolute atomic E-state index is 0.566. The molecule has 1 atom stereocenters. The van der Waals surface area contributed by atoms with Gasteiger partial charge in [-0.3, -0.25) is 4.90 Å². The zero-order valence-electron chi connectivity index (χ0n) is 8.08. The van der Waals surface area contributed by atoms with Gasteiger partial charge in [-0.15, -0.1) is 11.3 Å². The van der Waals surface area contributed by atoms with E-state index < -0.39 is 0 Å². The van der Waals surface area contributed by atoms with Gasteiger partial charge in [-0.1, -0.05) is 11.6 Å². The third-order valence-electron chi connectivity index (χ3n) is 2.70. The van der Waals surface area contributed by atoms with Crippen molar-refractivity contribution in [3.05, 3.63) is 21.3 Å². The van der Waals surface area contributed by atoms with Gasteiger partial charge in [-0.2, -0.15) is 0 Å². The normalized spacial score (nSPS) is 23.1. The van der Waals surface area contributed by atoms with E-state index in [9.17, 15) is 0 Å². The van der Waals surface area contributed by atoms with E-state index >= 15 is 0 Å².